The van der Waals surface area contributed by atoms with E-state index in [0.29, 0.717) is 25.6 Å². The topological polar surface area (TPSA) is 88.7 Å². The largest absolute Gasteiger partial charge is 0.481 e. The summed E-state index contributed by atoms with van der Waals surface area (Å²) in [6.07, 6.45) is 3.22. The number of esters is 1. The lowest BCUT2D eigenvalue weighted by Gasteiger charge is -2.28. The maximum Gasteiger partial charge on any atom is 0.309 e. The standard InChI is InChI=1S/C17H26O6/c1-4-10(5-13-9(2)22-13)8-21-16(20)11-6-14-17(3,23-14)7-12(11)15(18)19/h9-14H,4-8H2,1-3H3,(H,18,19). The van der Waals surface area contributed by atoms with Crippen LogP contribution in [-0.2, 0) is 23.8 Å². The molecule has 3 aliphatic rings. The number of carbonyl (C=O) groups excluding carboxylic acids is 1. The van der Waals surface area contributed by atoms with Crippen molar-refractivity contribution < 1.29 is 28.9 Å². The molecule has 7 unspecified atom stereocenters. The quantitative estimate of drug-likeness (QED) is 0.568. The Morgan fingerprint density at radius 3 is 2.65 bits per heavy atom. The zero-order valence-electron chi connectivity index (χ0n) is 14.0. The molecule has 130 valence electrons. The van der Waals surface area contributed by atoms with E-state index in [9.17, 15) is 14.7 Å². The highest BCUT2D eigenvalue weighted by molar-refractivity contribution is 5.81. The summed E-state index contributed by atoms with van der Waals surface area (Å²) in [5.74, 6) is -2.37. The number of carboxylic acid groups (broad SMARTS) is 1. The molecule has 23 heavy (non-hydrogen) atoms. The summed E-state index contributed by atoms with van der Waals surface area (Å²) in [7, 11) is 0. The van der Waals surface area contributed by atoms with Gasteiger partial charge in [0.25, 0.3) is 0 Å². The molecule has 1 saturated carbocycles. The van der Waals surface area contributed by atoms with Crippen LogP contribution in [0.1, 0.15) is 46.5 Å². The van der Waals surface area contributed by atoms with Gasteiger partial charge in [0, 0.05) is 0 Å². The first-order valence-electron chi connectivity index (χ1n) is 8.56. The zero-order chi connectivity index (χ0) is 16.8. The molecule has 1 aliphatic carbocycles. The zero-order valence-corrected chi connectivity index (χ0v) is 14.0. The van der Waals surface area contributed by atoms with Crippen molar-refractivity contribution in [3.63, 3.8) is 0 Å². The van der Waals surface area contributed by atoms with Gasteiger partial charge in [-0.15, -0.1) is 0 Å². The number of rotatable bonds is 7. The van der Waals surface area contributed by atoms with Gasteiger partial charge in [0.15, 0.2) is 0 Å². The van der Waals surface area contributed by atoms with Crippen LogP contribution in [-0.4, -0.2) is 47.6 Å². The highest BCUT2D eigenvalue weighted by Gasteiger charge is 2.61. The van der Waals surface area contributed by atoms with Gasteiger partial charge < -0.3 is 19.3 Å². The second-order valence-electron chi connectivity index (χ2n) is 7.43. The summed E-state index contributed by atoms with van der Waals surface area (Å²) < 4.78 is 16.4. The Kier molecular flexibility index (Phi) is 4.40. The molecule has 0 amide bonds. The van der Waals surface area contributed by atoms with Gasteiger partial charge in [-0.2, -0.15) is 0 Å². The molecular formula is C17H26O6. The molecule has 7 atom stereocenters. The maximum atomic E-state index is 12.4. The Bertz CT molecular complexity index is 491. The Morgan fingerprint density at radius 2 is 2.09 bits per heavy atom. The molecule has 3 rings (SSSR count). The van der Waals surface area contributed by atoms with Crippen LogP contribution in [0.25, 0.3) is 0 Å². The number of hydrogen-bond donors (Lipinski definition) is 1. The van der Waals surface area contributed by atoms with E-state index in [1.54, 1.807) is 0 Å². The number of carbonyl (C=O) groups is 2. The van der Waals surface area contributed by atoms with E-state index < -0.39 is 23.8 Å². The van der Waals surface area contributed by atoms with E-state index in [1.165, 1.54) is 0 Å². The molecule has 0 aromatic heterocycles. The summed E-state index contributed by atoms with van der Waals surface area (Å²) in [5.41, 5.74) is -0.356. The fraction of sp³-hybridized carbons (Fsp3) is 0.882. The molecule has 2 aliphatic heterocycles. The van der Waals surface area contributed by atoms with Gasteiger partial charge in [-0.05, 0) is 45.4 Å². The first-order chi connectivity index (χ1) is 10.8. The van der Waals surface area contributed by atoms with Crippen molar-refractivity contribution in [2.45, 2.75) is 70.4 Å². The lowest BCUT2D eigenvalue weighted by atomic mass is 9.74. The average molecular weight is 326 g/mol. The highest BCUT2D eigenvalue weighted by atomic mass is 16.6. The van der Waals surface area contributed by atoms with Gasteiger partial charge in [-0.3, -0.25) is 9.59 Å². The molecule has 2 heterocycles. The summed E-state index contributed by atoms with van der Waals surface area (Å²) >= 11 is 0. The molecule has 6 nitrogen and oxygen atoms in total. The lowest BCUT2D eigenvalue weighted by molar-refractivity contribution is -0.160. The second-order valence-corrected chi connectivity index (χ2v) is 7.43. The molecule has 0 radical (unpaired) electrons. The molecule has 6 heteroatoms. The van der Waals surface area contributed by atoms with Gasteiger partial charge in [0.05, 0.1) is 42.4 Å². The minimum atomic E-state index is -0.936. The van der Waals surface area contributed by atoms with Crippen molar-refractivity contribution in [3.05, 3.63) is 0 Å². The van der Waals surface area contributed by atoms with Crippen LogP contribution in [0.4, 0.5) is 0 Å². The lowest BCUT2D eigenvalue weighted by Crippen LogP contribution is -2.40. The van der Waals surface area contributed by atoms with E-state index in [4.69, 9.17) is 14.2 Å². The van der Waals surface area contributed by atoms with E-state index in [1.807, 2.05) is 13.8 Å². The fourth-order valence-corrected chi connectivity index (χ4v) is 3.73. The first-order valence-corrected chi connectivity index (χ1v) is 8.56. The number of ether oxygens (including phenoxy) is 3. The highest BCUT2D eigenvalue weighted by Crippen LogP contribution is 2.51. The Hall–Kier alpha value is -1.14. The van der Waals surface area contributed by atoms with E-state index >= 15 is 0 Å². The van der Waals surface area contributed by atoms with Gasteiger partial charge in [0.1, 0.15) is 0 Å². The number of hydrogen-bond acceptors (Lipinski definition) is 5. The third-order valence-corrected chi connectivity index (χ3v) is 5.67. The van der Waals surface area contributed by atoms with Crippen molar-refractivity contribution in [1.82, 2.24) is 0 Å². The number of epoxide rings is 2. The van der Waals surface area contributed by atoms with Gasteiger partial charge in [-0.1, -0.05) is 6.92 Å². The van der Waals surface area contributed by atoms with Crippen LogP contribution in [0, 0.1) is 17.8 Å². The molecule has 1 N–H and O–H groups in total. The average Bonchev–Trinajstić information content (AvgIpc) is 3.37. The summed E-state index contributed by atoms with van der Waals surface area (Å²) in [6.45, 7) is 6.36. The first kappa shape index (κ1) is 16.7. The second kappa shape index (κ2) is 6.06. The normalized spacial score (nSPS) is 42.5. The van der Waals surface area contributed by atoms with Crippen LogP contribution in [0.2, 0.25) is 0 Å². The number of aliphatic carboxylic acids is 1. The van der Waals surface area contributed by atoms with Crippen molar-refractivity contribution in [3.8, 4) is 0 Å². The third-order valence-electron chi connectivity index (χ3n) is 5.67. The van der Waals surface area contributed by atoms with Crippen LogP contribution in [0.15, 0.2) is 0 Å². The molecule has 2 saturated heterocycles. The summed E-state index contributed by atoms with van der Waals surface area (Å²) in [6, 6.07) is 0. The van der Waals surface area contributed by atoms with Gasteiger partial charge in [0.2, 0.25) is 0 Å². The van der Waals surface area contributed by atoms with Crippen molar-refractivity contribution >= 4 is 11.9 Å². The van der Waals surface area contributed by atoms with Gasteiger partial charge in [-0.25, -0.2) is 0 Å². The maximum absolute atomic E-state index is 12.4. The Labute approximate surface area is 136 Å². The van der Waals surface area contributed by atoms with Crippen molar-refractivity contribution in [2.24, 2.45) is 17.8 Å². The fourth-order valence-electron chi connectivity index (χ4n) is 3.73. The van der Waals surface area contributed by atoms with Gasteiger partial charge >= 0.3 is 11.9 Å². The monoisotopic (exact) mass is 326 g/mol. The molecule has 0 bridgehead atoms. The Balaban J connectivity index is 1.53. The van der Waals surface area contributed by atoms with E-state index in [0.717, 1.165) is 12.8 Å². The summed E-state index contributed by atoms with van der Waals surface area (Å²) in [5, 5.41) is 9.41. The number of fused-ring (bicyclic) bond motifs is 1. The SMILES string of the molecule is CCC(COC(=O)C1CC2OC2(C)CC1C(=O)O)CC1OC1C. The molecule has 3 fully saturated rings. The minimum Gasteiger partial charge on any atom is -0.481 e. The molecule has 0 aromatic rings. The predicted octanol–water partition coefficient (Wildman–Crippen LogP) is 2.00. The van der Waals surface area contributed by atoms with E-state index in [-0.39, 0.29) is 23.7 Å². The van der Waals surface area contributed by atoms with Crippen molar-refractivity contribution in [2.75, 3.05) is 6.61 Å². The van der Waals surface area contributed by atoms with Crippen molar-refractivity contribution in [1.29, 1.82) is 0 Å². The van der Waals surface area contributed by atoms with E-state index in [2.05, 4.69) is 6.92 Å². The predicted molar refractivity (Wildman–Crippen MR) is 80.8 cm³/mol. The minimum absolute atomic E-state index is 0.00154. The third kappa shape index (κ3) is 3.53. The number of carboxylic acids is 1. The summed E-state index contributed by atoms with van der Waals surface area (Å²) in [4.78, 5) is 23.9. The van der Waals surface area contributed by atoms with Crippen LogP contribution >= 0.6 is 0 Å². The molecule has 0 aromatic carbocycles. The van der Waals surface area contributed by atoms with Crippen LogP contribution in [0.5, 0.6) is 0 Å². The molecular weight excluding hydrogens is 300 g/mol. The molecule has 0 spiro atoms. The Morgan fingerprint density at radius 1 is 1.39 bits per heavy atom. The smallest absolute Gasteiger partial charge is 0.309 e. The van der Waals surface area contributed by atoms with Crippen LogP contribution in [0.3, 0.4) is 0 Å². The van der Waals surface area contributed by atoms with Crippen LogP contribution < -0.4 is 0 Å².